The van der Waals surface area contributed by atoms with Gasteiger partial charge in [-0.15, -0.1) is 0 Å². The van der Waals surface area contributed by atoms with Gasteiger partial charge in [-0.25, -0.2) is 9.97 Å². The average molecular weight is 193 g/mol. The van der Waals surface area contributed by atoms with Crippen LogP contribution in [0, 0.1) is 5.92 Å². The number of hydrogen-bond donors (Lipinski definition) is 1. The molecule has 1 aromatic heterocycles. The summed E-state index contributed by atoms with van der Waals surface area (Å²) in [7, 11) is 0. The molecule has 0 radical (unpaired) electrons. The summed E-state index contributed by atoms with van der Waals surface area (Å²) in [5.74, 6) is 1.65. The number of aromatic nitrogens is 2. The van der Waals surface area contributed by atoms with Crippen molar-refractivity contribution in [2.24, 2.45) is 11.7 Å². The van der Waals surface area contributed by atoms with E-state index in [-0.39, 0.29) is 0 Å². The van der Waals surface area contributed by atoms with Crippen molar-refractivity contribution < 1.29 is 0 Å². The fourth-order valence-electron chi connectivity index (χ4n) is 1.22. The largest absolute Gasteiger partial charge is 0.330 e. The Morgan fingerprint density at radius 2 is 1.86 bits per heavy atom. The first kappa shape index (κ1) is 11.1. The molecule has 3 heteroatoms. The maximum Gasteiger partial charge on any atom is 0.128 e. The molecule has 0 aliphatic heterocycles. The molecule has 0 aliphatic carbocycles. The highest BCUT2D eigenvalue weighted by atomic mass is 14.9. The van der Waals surface area contributed by atoms with Gasteiger partial charge in [0, 0.05) is 18.8 Å². The van der Waals surface area contributed by atoms with E-state index in [1.807, 2.05) is 12.4 Å². The molecule has 1 heterocycles. The van der Waals surface area contributed by atoms with Crippen LogP contribution in [0.3, 0.4) is 0 Å². The summed E-state index contributed by atoms with van der Waals surface area (Å²) < 4.78 is 0. The zero-order valence-corrected chi connectivity index (χ0v) is 9.03. The molecule has 0 amide bonds. The Morgan fingerprint density at radius 1 is 1.21 bits per heavy atom. The van der Waals surface area contributed by atoms with Crippen LogP contribution in [0.4, 0.5) is 0 Å². The van der Waals surface area contributed by atoms with Crippen molar-refractivity contribution in [2.75, 3.05) is 6.54 Å². The van der Waals surface area contributed by atoms with Gasteiger partial charge >= 0.3 is 0 Å². The number of nitrogens with two attached hydrogens (primary N) is 1. The lowest BCUT2D eigenvalue weighted by Crippen LogP contribution is -2.05. The lowest BCUT2D eigenvalue weighted by molar-refractivity contribution is 0.574. The van der Waals surface area contributed by atoms with Gasteiger partial charge in [0.05, 0.1) is 0 Å². The van der Waals surface area contributed by atoms with Crippen LogP contribution >= 0.6 is 0 Å². The molecular weight excluding hydrogens is 174 g/mol. The molecule has 0 fully saturated rings. The maximum atomic E-state index is 5.44. The van der Waals surface area contributed by atoms with Crippen molar-refractivity contribution in [1.29, 1.82) is 0 Å². The molecule has 0 spiro atoms. The van der Waals surface area contributed by atoms with Gasteiger partial charge in [-0.2, -0.15) is 0 Å². The molecule has 1 rings (SSSR count). The fraction of sp³-hybridized carbons (Fsp3) is 0.636. The molecule has 0 unspecified atom stereocenters. The minimum absolute atomic E-state index is 0.661. The van der Waals surface area contributed by atoms with Gasteiger partial charge in [-0.1, -0.05) is 13.8 Å². The van der Waals surface area contributed by atoms with E-state index in [1.54, 1.807) is 0 Å². The Kier molecular flexibility index (Phi) is 4.53. The Hall–Kier alpha value is -0.960. The Balaban J connectivity index is 2.46. The number of rotatable bonds is 5. The summed E-state index contributed by atoms with van der Waals surface area (Å²) in [5, 5.41) is 0. The SMILES string of the molecule is CC(C)CCc1ncc(CCN)cn1. The van der Waals surface area contributed by atoms with Crippen LogP contribution in [0.2, 0.25) is 0 Å². The number of nitrogens with zero attached hydrogens (tertiary/aromatic N) is 2. The van der Waals surface area contributed by atoms with E-state index in [2.05, 4.69) is 23.8 Å². The maximum absolute atomic E-state index is 5.44. The zero-order valence-electron chi connectivity index (χ0n) is 9.03. The van der Waals surface area contributed by atoms with E-state index >= 15 is 0 Å². The van der Waals surface area contributed by atoms with E-state index in [9.17, 15) is 0 Å². The smallest absolute Gasteiger partial charge is 0.128 e. The molecule has 0 saturated carbocycles. The molecule has 2 N–H and O–H groups in total. The predicted octanol–water partition coefficient (Wildman–Crippen LogP) is 1.57. The molecule has 0 aromatic carbocycles. The van der Waals surface area contributed by atoms with Gasteiger partial charge in [-0.05, 0) is 30.9 Å². The lowest BCUT2D eigenvalue weighted by Gasteiger charge is -2.03. The molecule has 14 heavy (non-hydrogen) atoms. The van der Waals surface area contributed by atoms with Gasteiger partial charge in [-0.3, -0.25) is 0 Å². The van der Waals surface area contributed by atoms with Crippen LogP contribution in [0.15, 0.2) is 12.4 Å². The first-order valence-electron chi connectivity index (χ1n) is 5.22. The Morgan fingerprint density at radius 3 is 2.36 bits per heavy atom. The summed E-state index contributed by atoms with van der Waals surface area (Å²) in [6, 6.07) is 0. The van der Waals surface area contributed by atoms with Gasteiger partial charge < -0.3 is 5.73 Å². The highest BCUT2D eigenvalue weighted by molar-refractivity contribution is 5.05. The third-order valence-electron chi connectivity index (χ3n) is 2.14. The molecule has 78 valence electrons. The van der Waals surface area contributed by atoms with Crippen molar-refractivity contribution in [2.45, 2.75) is 33.1 Å². The van der Waals surface area contributed by atoms with E-state index in [4.69, 9.17) is 5.73 Å². The van der Waals surface area contributed by atoms with Gasteiger partial charge in [0.1, 0.15) is 5.82 Å². The molecule has 0 bridgehead atoms. The van der Waals surface area contributed by atoms with Crippen LogP contribution in [-0.4, -0.2) is 16.5 Å². The fourth-order valence-corrected chi connectivity index (χ4v) is 1.22. The first-order chi connectivity index (χ1) is 6.72. The van der Waals surface area contributed by atoms with E-state index < -0.39 is 0 Å². The highest BCUT2D eigenvalue weighted by Crippen LogP contribution is 2.05. The van der Waals surface area contributed by atoms with Crippen molar-refractivity contribution in [3.8, 4) is 0 Å². The summed E-state index contributed by atoms with van der Waals surface area (Å²) in [6.45, 7) is 5.08. The van der Waals surface area contributed by atoms with Crippen LogP contribution < -0.4 is 5.73 Å². The minimum Gasteiger partial charge on any atom is -0.330 e. The average Bonchev–Trinajstić information content (AvgIpc) is 2.17. The summed E-state index contributed by atoms with van der Waals surface area (Å²) >= 11 is 0. The Bertz CT molecular complexity index is 254. The Labute approximate surface area is 85.8 Å². The third-order valence-corrected chi connectivity index (χ3v) is 2.14. The molecule has 0 atom stereocenters. The monoisotopic (exact) mass is 193 g/mol. The second-order valence-electron chi connectivity index (χ2n) is 3.98. The molecule has 3 nitrogen and oxygen atoms in total. The van der Waals surface area contributed by atoms with Crippen molar-refractivity contribution in [3.63, 3.8) is 0 Å². The van der Waals surface area contributed by atoms with Gasteiger partial charge in [0.2, 0.25) is 0 Å². The zero-order chi connectivity index (χ0) is 10.4. The second-order valence-corrected chi connectivity index (χ2v) is 3.98. The lowest BCUT2D eigenvalue weighted by atomic mass is 10.1. The van der Waals surface area contributed by atoms with Crippen LogP contribution in [0.5, 0.6) is 0 Å². The van der Waals surface area contributed by atoms with Gasteiger partial charge in [0.25, 0.3) is 0 Å². The summed E-state index contributed by atoms with van der Waals surface area (Å²) in [5.41, 5.74) is 6.57. The minimum atomic E-state index is 0.661. The van der Waals surface area contributed by atoms with E-state index in [0.717, 1.165) is 30.7 Å². The van der Waals surface area contributed by atoms with E-state index in [1.165, 1.54) is 0 Å². The first-order valence-corrected chi connectivity index (χ1v) is 5.22. The molecule has 0 aliphatic rings. The van der Waals surface area contributed by atoms with Crippen molar-refractivity contribution >= 4 is 0 Å². The predicted molar refractivity (Wildman–Crippen MR) is 57.9 cm³/mol. The highest BCUT2D eigenvalue weighted by Gasteiger charge is 1.99. The second kappa shape index (κ2) is 5.70. The van der Waals surface area contributed by atoms with Crippen molar-refractivity contribution in [3.05, 3.63) is 23.8 Å². The normalized spacial score (nSPS) is 10.9. The molecule has 1 aromatic rings. The van der Waals surface area contributed by atoms with Gasteiger partial charge in [0.15, 0.2) is 0 Å². The number of aryl methyl sites for hydroxylation is 1. The summed E-state index contributed by atoms with van der Waals surface area (Å²) in [4.78, 5) is 8.61. The number of hydrogen-bond acceptors (Lipinski definition) is 3. The van der Waals surface area contributed by atoms with Crippen molar-refractivity contribution in [1.82, 2.24) is 9.97 Å². The standard InChI is InChI=1S/C11H19N3/c1-9(2)3-4-11-13-7-10(5-6-12)8-14-11/h7-9H,3-6,12H2,1-2H3. The summed E-state index contributed by atoms with van der Waals surface area (Å²) in [6.07, 6.45) is 6.76. The third kappa shape index (κ3) is 3.83. The topological polar surface area (TPSA) is 51.8 Å². The quantitative estimate of drug-likeness (QED) is 0.772. The van der Waals surface area contributed by atoms with E-state index in [0.29, 0.717) is 12.5 Å². The van der Waals surface area contributed by atoms with Crippen LogP contribution in [-0.2, 0) is 12.8 Å². The van der Waals surface area contributed by atoms with Crippen LogP contribution in [0.25, 0.3) is 0 Å². The molecular formula is C11H19N3. The van der Waals surface area contributed by atoms with Crippen LogP contribution in [0.1, 0.15) is 31.7 Å². The molecule has 0 saturated heterocycles.